The summed E-state index contributed by atoms with van der Waals surface area (Å²) >= 11 is 0. The molecule has 3 rings (SSSR count). The molecule has 5 heteroatoms. The van der Waals surface area contributed by atoms with E-state index >= 15 is 0 Å². The number of hydrogen-bond acceptors (Lipinski definition) is 4. The molecule has 1 aliphatic carbocycles. The summed E-state index contributed by atoms with van der Waals surface area (Å²) in [4.78, 5) is 14.8. The maximum Gasteiger partial charge on any atom is 0.251 e. The van der Waals surface area contributed by atoms with Gasteiger partial charge in [-0.3, -0.25) is 9.69 Å². The largest absolute Gasteiger partial charge is 0.384 e. The first-order valence-electron chi connectivity index (χ1n) is 8.08. The summed E-state index contributed by atoms with van der Waals surface area (Å²) < 4.78 is 5.37. The molecule has 0 spiro atoms. The van der Waals surface area contributed by atoms with E-state index in [4.69, 9.17) is 9.84 Å². The number of aliphatic hydroxyl groups is 1. The predicted molar refractivity (Wildman–Crippen MR) is 87.1 cm³/mol. The van der Waals surface area contributed by atoms with Crippen LogP contribution in [0.1, 0.15) is 28.8 Å². The molecule has 0 unspecified atom stereocenters. The van der Waals surface area contributed by atoms with Crippen LogP contribution in [0.25, 0.3) is 0 Å². The smallest absolute Gasteiger partial charge is 0.251 e. The van der Waals surface area contributed by atoms with Crippen molar-refractivity contribution >= 4 is 5.91 Å². The van der Waals surface area contributed by atoms with E-state index < -0.39 is 0 Å². The zero-order valence-corrected chi connectivity index (χ0v) is 13.1. The summed E-state index contributed by atoms with van der Waals surface area (Å²) in [5.74, 6) is 5.36. The van der Waals surface area contributed by atoms with Crippen molar-refractivity contribution in [3.63, 3.8) is 0 Å². The van der Waals surface area contributed by atoms with Gasteiger partial charge in [0.05, 0.1) is 13.2 Å². The highest BCUT2D eigenvalue weighted by molar-refractivity contribution is 5.94. The molecule has 122 valence electrons. The summed E-state index contributed by atoms with van der Waals surface area (Å²) in [6.07, 6.45) is 2.02. The summed E-state index contributed by atoms with van der Waals surface area (Å²) in [6.45, 7) is 3.44. The Labute approximate surface area is 136 Å². The number of benzene rings is 1. The van der Waals surface area contributed by atoms with Crippen LogP contribution in [0, 0.1) is 11.8 Å². The Morgan fingerprint density at radius 1 is 1.35 bits per heavy atom. The van der Waals surface area contributed by atoms with Gasteiger partial charge in [0.15, 0.2) is 0 Å². The van der Waals surface area contributed by atoms with Gasteiger partial charge >= 0.3 is 0 Å². The van der Waals surface area contributed by atoms with Gasteiger partial charge < -0.3 is 15.2 Å². The first kappa shape index (κ1) is 16.0. The van der Waals surface area contributed by atoms with Gasteiger partial charge in [-0.2, -0.15) is 0 Å². The predicted octanol–water partition coefficient (Wildman–Crippen LogP) is 0.623. The van der Waals surface area contributed by atoms with Crippen molar-refractivity contribution in [2.75, 3.05) is 32.9 Å². The van der Waals surface area contributed by atoms with Crippen LogP contribution in [0.3, 0.4) is 0 Å². The van der Waals surface area contributed by atoms with E-state index in [-0.39, 0.29) is 18.6 Å². The van der Waals surface area contributed by atoms with Gasteiger partial charge in [-0.25, -0.2) is 0 Å². The number of carbonyl (C=O) groups excluding carboxylic acids is 1. The second-order valence-corrected chi connectivity index (χ2v) is 5.98. The van der Waals surface area contributed by atoms with Gasteiger partial charge in [0, 0.05) is 36.3 Å². The molecule has 2 aliphatic rings. The third-order valence-corrected chi connectivity index (χ3v) is 4.45. The minimum atomic E-state index is -0.179. The lowest BCUT2D eigenvalue weighted by atomic mass is 9.85. The Morgan fingerprint density at radius 2 is 2.13 bits per heavy atom. The Morgan fingerprint density at radius 3 is 2.87 bits per heavy atom. The molecule has 1 saturated heterocycles. The van der Waals surface area contributed by atoms with E-state index in [0.717, 1.165) is 44.7 Å². The van der Waals surface area contributed by atoms with E-state index in [9.17, 15) is 4.79 Å². The lowest BCUT2D eigenvalue weighted by Gasteiger charge is -2.44. The van der Waals surface area contributed by atoms with Gasteiger partial charge in [-0.05, 0) is 31.0 Å². The molecule has 0 radical (unpaired) electrons. The van der Waals surface area contributed by atoms with Crippen molar-refractivity contribution < 1.29 is 14.6 Å². The number of carbonyl (C=O) groups is 1. The SMILES string of the molecule is O=C(NC1CC(N2CCOCC2)C1)c1cccc(C#CCO)c1. The fraction of sp³-hybridized carbons (Fsp3) is 0.500. The monoisotopic (exact) mass is 314 g/mol. The number of ether oxygens (including phenoxy) is 1. The fourth-order valence-corrected chi connectivity index (χ4v) is 3.09. The van der Waals surface area contributed by atoms with Crippen molar-refractivity contribution in [1.29, 1.82) is 0 Å². The zero-order valence-electron chi connectivity index (χ0n) is 13.1. The van der Waals surface area contributed by atoms with E-state index in [0.29, 0.717) is 11.6 Å². The molecule has 1 saturated carbocycles. The summed E-state index contributed by atoms with van der Waals surface area (Å²) in [6, 6.07) is 8.02. The van der Waals surface area contributed by atoms with Gasteiger partial charge in [-0.1, -0.05) is 17.9 Å². The van der Waals surface area contributed by atoms with E-state index in [1.165, 1.54) is 0 Å². The number of amides is 1. The van der Waals surface area contributed by atoms with Crippen molar-refractivity contribution in [1.82, 2.24) is 10.2 Å². The number of aliphatic hydroxyl groups excluding tert-OH is 1. The minimum absolute atomic E-state index is 0.0527. The van der Waals surface area contributed by atoms with Crippen molar-refractivity contribution in [2.24, 2.45) is 0 Å². The lowest BCUT2D eigenvalue weighted by Crippen LogP contribution is -2.56. The molecule has 2 N–H and O–H groups in total. The number of rotatable bonds is 3. The number of nitrogens with zero attached hydrogens (tertiary/aromatic N) is 1. The molecule has 1 aliphatic heterocycles. The van der Waals surface area contributed by atoms with Gasteiger partial charge in [0.1, 0.15) is 6.61 Å². The average Bonchev–Trinajstić information content (AvgIpc) is 2.56. The number of hydrogen-bond donors (Lipinski definition) is 2. The van der Waals surface area contributed by atoms with Crippen molar-refractivity contribution in [2.45, 2.75) is 24.9 Å². The van der Waals surface area contributed by atoms with Crippen LogP contribution in [-0.2, 0) is 4.74 Å². The average molecular weight is 314 g/mol. The zero-order chi connectivity index (χ0) is 16.1. The minimum Gasteiger partial charge on any atom is -0.384 e. The molecular formula is C18H22N2O3. The number of nitrogens with one attached hydrogen (secondary N) is 1. The van der Waals surface area contributed by atoms with Crippen LogP contribution in [0.2, 0.25) is 0 Å². The maximum atomic E-state index is 12.3. The maximum absolute atomic E-state index is 12.3. The Bertz CT molecular complexity index is 608. The normalized spacial score (nSPS) is 24.2. The molecule has 0 bridgehead atoms. The van der Waals surface area contributed by atoms with Gasteiger partial charge in [0.25, 0.3) is 5.91 Å². The number of morpholine rings is 1. The van der Waals surface area contributed by atoms with Crippen LogP contribution < -0.4 is 5.32 Å². The van der Waals surface area contributed by atoms with Crippen LogP contribution in [-0.4, -0.2) is 60.9 Å². The lowest BCUT2D eigenvalue weighted by molar-refractivity contribution is -0.00950. The van der Waals surface area contributed by atoms with Crippen LogP contribution >= 0.6 is 0 Å². The van der Waals surface area contributed by atoms with Gasteiger partial charge in [-0.15, -0.1) is 0 Å². The topological polar surface area (TPSA) is 61.8 Å². The third-order valence-electron chi connectivity index (χ3n) is 4.45. The second-order valence-electron chi connectivity index (χ2n) is 5.98. The van der Waals surface area contributed by atoms with Crippen molar-refractivity contribution in [3.05, 3.63) is 35.4 Å². The summed E-state index contributed by atoms with van der Waals surface area (Å²) in [5.41, 5.74) is 1.36. The highest BCUT2D eigenvalue weighted by Gasteiger charge is 2.35. The summed E-state index contributed by atoms with van der Waals surface area (Å²) in [7, 11) is 0. The second kappa shape index (κ2) is 7.60. The molecule has 1 heterocycles. The highest BCUT2D eigenvalue weighted by Crippen LogP contribution is 2.26. The van der Waals surface area contributed by atoms with Crippen LogP contribution in [0.4, 0.5) is 0 Å². The fourth-order valence-electron chi connectivity index (χ4n) is 3.09. The first-order chi connectivity index (χ1) is 11.3. The Kier molecular flexibility index (Phi) is 5.29. The standard InChI is InChI=1S/C18H22N2O3/c21-8-2-4-14-3-1-5-15(11-14)18(22)19-16-12-17(13-16)20-6-9-23-10-7-20/h1,3,5,11,16-17,21H,6-10,12-13H2,(H,19,22). The molecule has 1 amide bonds. The first-order valence-corrected chi connectivity index (χ1v) is 8.08. The van der Waals surface area contributed by atoms with Crippen LogP contribution in [0.15, 0.2) is 24.3 Å². The van der Waals surface area contributed by atoms with Crippen molar-refractivity contribution in [3.8, 4) is 11.8 Å². The quantitative estimate of drug-likeness (QED) is 0.803. The molecule has 5 nitrogen and oxygen atoms in total. The van der Waals surface area contributed by atoms with E-state index in [1.807, 2.05) is 12.1 Å². The molecular weight excluding hydrogens is 292 g/mol. The Hall–Kier alpha value is -1.87. The van der Waals surface area contributed by atoms with Gasteiger partial charge in [0.2, 0.25) is 0 Å². The molecule has 0 atom stereocenters. The molecule has 0 aromatic heterocycles. The molecule has 1 aromatic carbocycles. The highest BCUT2D eigenvalue weighted by atomic mass is 16.5. The van der Waals surface area contributed by atoms with Crippen LogP contribution in [0.5, 0.6) is 0 Å². The van der Waals surface area contributed by atoms with E-state index in [1.54, 1.807) is 12.1 Å². The molecule has 2 fully saturated rings. The van der Waals surface area contributed by atoms with E-state index in [2.05, 4.69) is 22.1 Å². The summed E-state index contributed by atoms with van der Waals surface area (Å²) in [5, 5.41) is 11.8. The molecule has 1 aromatic rings. The molecule has 23 heavy (non-hydrogen) atoms. The third kappa shape index (κ3) is 4.11. The Balaban J connectivity index is 1.50.